The van der Waals surface area contributed by atoms with Crippen molar-refractivity contribution in [1.82, 2.24) is 14.8 Å². The molecular weight excluding hydrogens is 310 g/mol. The molecule has 0 unspecified atom stereocenters. The van der Waals surface area contributed by atoms with Gasteiger partial charge in [0.25, 0.3) is 11.8 Å². The van der Waals surface area contributed by atoms with Gasteiger partial charge in [0.1, 0.15) is 4.88 Å². The van der Waals surface area contributed by atoms with E-state index in [1.165, 1.54) is 11.3 Å². The van der Waals surface area contributed by atoms with Gasteiger partial charge in [0.05, 0.1) is 11.2 Å². The molecule has 2 heterocycles. The highest BCUT2D eigenvalue weighted by Crippen LogP contribution is 2.16. The summed E-state index contributed by atoms with van der Waals surface area (Å²) in [4.78, 5) is 33.3. The molecule has 1 aliphatic rings. The third-order valence-electron chi connectivity index (χ3n) is 3.98. The fourth-order valence-corrected chi connectivity index (χ4v) is 3.35. The molecule has 1 aromatic heterocycles. The Morgan fingerprint density at radius 3 is 2.04 bits per heavy atom. The van der Waals surface area contributed by atoms with Gasteiger partial charge in [-0.3, -0.25) is 9.59 Å². The van der Waals surface area contributed by atoms with Crippen LogP contribution in [0.5, 0.6) is 0 Å². The number of carbonyl (C=O) groups is 2. The molecule has 0 bridgehead atoms. The third kappa shape index (κ3) is 3.42. The van der Waals surface area contributed by atoms with Gasteiger partial charge in [-0.05, 0) is 26.0 Å². The smallest absolute Gasteiger partial charge is 0.265 e. The third-order valence-corrected chi connectivity index (χ3v) is 4.89. The molecule has 1 saturated heterocycles. The molecule has 0 radical (unpaired) electrons. The lowest BCUT2D eigenvalue weighted by molar-refractivity contribution is 0.0538. The molecule has 120 valence electrons. The molecule has 3 rings (SSSR count). The van der Waals surface area contributed by atoms with E-state index < -0.39 is 0 Å². The van der Waals surface area contributed by atoms with Gasteiger partial charge in [-0.1, -0.05) is 17.7 Å². The van der Waals surface area contributed by atoms with Gasteiger partial charge >= 0.3 is 0 Å². The highest BCUT2D eigenvalue weighted by atomic mass is 32.1. The van der Waals surface area contributed by atoms with Crippen LogP contribution in [0.2, 0.25) is 0 Å². The Kier molecular flexibility index (Phi) is 4.43. The van der Waals surface area contributed by atoms with Crippen molar-refractivity contribution in [2.75, 3.05) is 26.2 Å². The number of thiazole rings is 1. The van der Waals surface area contributed by atoms with Gasteiger partial charge in [-0.15, -0.1) is 11.3 Å². The minimum Gasteiger partial charge on any atom is -0.335 e. The SMILES string of the molecule is Cc1ccc(C(=O)N2CCN(C(=O)c3cnc(C)s3)CC2)cc1. The van der Waals surface area contributed by atoms with Crippen molar-refractivity contribution < 1.29 is 9.59 Å². The minimum atomic E-state index is 0.0121. The second kappa shape index (κ2) is 6.50. The average molecular weight is 329 g/mol. The highest BCUT2D eigenvalue weighted by Gasteiger charge is 2.26. The van der Waals surface area contributed by atoms with Gasteiger partial charge in [-0.25, -0.2) is 4.98 Å². The summed E-state index contributed by atoms with van der Waals surface area (Å²) in [5.41, 5.74) is 1.84. The number of piperazine rings is 1. The van der Waals surface area contributed by atoms with Gasteiger partial charge in [0.15, 0.2) is 0 Å². The Balaban J connectivity index is 1.61. The Morgan fingerprint density at radius 1 is 0.957 bits per heavy atom. The molecule has 0 spiro atoms. The molecule has 1 aliphatic heterocycles. The maximum absolute atomic E-state index is 12.5. The van der Waals surface area contributed by atoms with E-state index in [2.05, 4.69) is 4.98 Å². The van der Waals surface area contributed by atoms with E-state index in [0.717, 1.165) is 10.6 Å². The lowest BCUT2D eigenvalue weighted by Gasteiger charge is -2.34. The molecule has 1 aromatic carbocycles. The van der Waals surface area contributed by atoms with Gasteiger partial charge in [0, 0.05) is 31.7 Å². The first-order valence-electron chi connectivity index (χ1n) is 7.62. The molecule has 1 fully saturated rings. The number of amides is 2. The van der Waals surface area contributed by atoms with Crippen molar-refractivity contribution in [2.45, 2.75) is 13.8 Å². The second-order valence-electron chi connectivity index (χ2n) is 5.69. The number of hydrogen-bond donors (Lipinski definition) is 0. The van der Waals surface area contributed by atoms with Crippen molar-refractivity contribution in [3.63, 3.8) is 0 Å². The van der Waals surface area contributed by atoms with Crippen LogP contribution < -0.4 is 0 Å². The number of aromatic nitrogens is 1. The van der Waals surface area contributed by atoms with E-state index in [1.54, 1.807) is 11.1 Å². The summed E-state index contributed by atoms with van der Waals surface area (Å²) in [7, 11) is 0. The molecule has 6 heteroatoms. The maximum Gasteiger partial charge on any atom is 0.265 e. The Bertz CT molecular complexity index is 716. The predicted molar refractivity (Wildman–Crippen MR) is 89.8 cm³/mol. The number of nitrogens with zero attached hydrogens (tertiary/aromatic N) is 3. The van der Waals surface area contributed by atoms with Crippen LogP contribution in [0.25, 0.3) is 0 Å². The molecule has 0 aliphatic carbocycles. The van der Waals surface area contributed by atoms with Gasteiger partial charge in [-0.2, -0.15) is 0 Å². The van der Waals surface area contributed by atoms with Crippen molar-refractivity contribution in [2.24, 2.45) is 0 Å². The first kappa shape index (κ1) is 15.7. The Morgan fingerprint density at radius 2 is 1.52 bits per heavy atom. The highest BCUT2D eigenvalue weighted by molar-refractivity contribution is 7.13. The van der Waals surface area contributed by atoms with E-state index in [0.29, 0.717) is 36.6 Å². The summed E-state index contributed by atoms with van der Waals surface area (Å²) < 4.78 is 0. The number of hydrogen-bond acceptors (Lipinski definition) is 4. The summed E-state index contributed by atoms with van der Waals surface area (Å²) in [6, 6.07) is 7.60. The molecule has 0 saturated carbocycles. The van der Waals surface area contributed by atoms with Crippen LogP contribution in [0.15, 0.2) is 30.5 Å². The van der Waals surface area contributed by atoms with E-state index in [9.17, 15) is 9.59 Å². The zero-order valence-corrected chi connectivity index (χ0v) is 14.1. The van der Waals surface area contributed by atoms with Gasteiger partial charge in [0.2, 0.25) is 0 Å². The van der Waals surface area contributed by atoms with Crippen LogP contribution in [0.4, 0.5) is 0 Å². The van der Waals surface area contributed by atoms with Crippen LogP contribution in [-0.2, 0) is 0 Å². The monoisotopic (exact) mass is 329 g/mol. The zero-order chi connectivity index (χ0) is 16.4. The second-order valence-corrected chi connectivity index (χ2v) is 6.93. The first-order valence-corrected chi connectivity index (χ1v) is 8.44. The summed E-state index contributed by atoms with van der Waals surface area (Å²) in [6.45, 7) is 6.15. The molecule has 0 N–H and O–H groups in total. The molecule has 2 aromatic rings. The van der Waals surface area contributed by atoms with Crippen LogP contribution in [-0.4, -0.2) is 52.8 Å². The van der Waals surface area contributed by atoms with Crippen LogP contribution in [0.3, 0.4) is 0 Å². The van der Waals surface area contributed by atoms with Crippen molar-refractivity contribution in [3.8, 4) is 0 Å². The van der Waals surface area contributed by atoms with Crippen LogP contribution in [0.1, 0.15) is 30.6 Å². The number of aryl methyl sites for hydroxylation is 2. The normalized spacial score (nSPS) is 14.9. The fourth-order valence-electron chi connectivity index (χ4n) is 2.61. The Labute approximate surface area is 139 Å². The van der Waals surface area contributed by atoms with E-state index in [-0.39, 0.29) is 11.8 Å². The summed E-state index contributed by atoms with van der Waals surface area (Å²) in [5, 5.41) is 0.890. The van der Waals surface area contributed by atoms with Crippen molar-refractivity contribution in [3.05, 3.63) is 51.5 Å². The molecule has 5 nitrogen and oxygen atoms in total. The lowest BCUT2D eigenvalue weighted by Crippen LogP contribution is -2.50. The standard InChI is InChI=1S/C17H19N3O2S/c1-12-3-5-14(6-4-12)16(21)19-7-9-20(10-8-19)17(22)15-11-18-13(2)23-15/h3-6,11H,7-10H2,1-2H3. The average Bonchev–Trinajstić information content (AvgIpc) is 3.01. The Hall–Kier alpha value is -2.21. The largest absolute Gasteiger partial charge is 0.335 e. The fraction of sp³-hybridized carbons (Fsp3) is 0.353. The van der Waals surface area contributed by atoms with Crippen LogP contribution in [0, 0.1) is 13.8 Å². The quantitative estimate of drug-likeness (QED) is 0.850. The minimum absolute atomic E-state index is 0.0121. The molecule has 0 atom stereocenters. The molecule has 2 amide bonds. The topological polar surface area (TPSA) is 53.5 Å². The summed E-state index contributed by atoms with van der Waals surface area (Å²) >= 11 is 1.41. The zero-order valence-electron chi connectivity index (χ0n) is 13.3. The number of carbonyl (C=O) groups excluding carboxylic acids is 2. The predicted octanol–water partition coefficient (Wildman–Crippen LogP) is 2.36. The lowest BCUT2D eigenvalue weighted by atomic mass is 10.1. The van der Waals surface area contributed by atoms with Gasteiger partial charge < -0.3 is 9.80 Å². The number of benzene rings is 1. The van der Waals surface area contributed by atoms with Crippen LogP contribution >= 0.6 is 11.3 Å². The van der Waals surface area contributed by atoms with E-state index in [4.69, 9.17) is 0 Å². The van der Waals surface area contributed by atoms with Crippen molar-refractivity contribution >= 4 is 23.2 Å². The molecular formula is C17H19N3O2S. The van der Waals surface area contributed by atoms with E-state index >= 15 is 0 Å². The summed E-state index contributed by atoms with van der Waals surface area (Å²) in [5.74, 6) is 0.0452. The number of rotatable bonds is 2. The molecule has 23 heavy (non-hydrogen) atoms. The van der Waals surface area contributed by atoms with Crippen molar-refractivity contribution in [1.29, 1.82) is 0 Å². The first-order chi connectivity index (χ1) is 11.0. The summed E-state index contributed by atoms with van der Waals surface area (Å²) in [6.07, 6.45) is 1.63. The van der Waals surface area contributed by atoms with E-state index in [1.807, 2.05) is 43.0 Å². The maximum atomic E-state index is 12.5.